The highest BCUT2D eigenvalue weighted by molar-refractivity contribution is 5.67. The van der Waals surface area contributed by atoms with Crippen LogP contribution in [0.2, 0.25) is 0 Å². The summed E-state index contributed by atoms with van der Waals surface area (Å²) in [7, 11) is 0. The second-order valence-electron chi connectivity index (χ2n) is 3.02. The first-order valence-corrected chi connectivity index (χ1v) is 4.07. The second kappa shape index (κ2) is 4.03. The fourth-order valence-corrected chi connectivity index (χ4v) is 1.25. The summed E-state index contributed by atoms with van der Waals surface area (Å²) in [5, 5.41) is 8.51. The van der Waals surface area contributed by atoms with Gasteiger partial charge in [-0.3, -0.25) is 4.79 Å². The maximum atomic E-state index is 13.1. The average molecular weight is 182 g/mol. The van der Waals surface area contributed by atoms with Crippen LogP contribution in [0.5, 0.6) is 0 Å². The van der Waals surface area contributed by atoms with Gasteiger partial charge in [0.15, 0.2) is 0 Å². The first kappa shape index (κ1) is 9.71. The van der Waals surface area contributed by atoms with Crippen molar-refractivity contribution in [3.63, 3.8) is 0 Å². The van der Waals surface area contributed by atoms with Crippen molar-refractivity contribution in [1.29, 1.82) is 0 Å². The molecule has 0 aliphatic rings. The Kier molecular flexibility index (Phi) is 3.01. The maximum absolute atomic E-state index is 13.1. The molecule has 2 nitrogen and oxygen atoms in total. The van der Waals surface area contributed by atoms with E-state index in [4.69, 9.17) is 5.11 Å². The van der Waals surface area contributed by atoms with E-state index in [0.29, 0.717) is 5.56 Å². The minimum Gasteiger partial charge on any atom is -0.481 e. The average Bonchev–Trinajstić information content (AvgIpc) is 2.03. The molecule has 1 aromatic carbocycles. The first-order valence-electron chi connectivity index (χ1n) is 4.07. The van der Waals surface area contributed by atoms with Gasteiger partial charge in [0.1, 0.15) is 5.82 Å². The molecule has 13 heavy (non-hydrogen) atoms. The Morgan fingerprint density at radius 2 is 2.15 bits per heavy atom. The van der Waals surface area contributed by atoms with E-state index in [1.807, 2.05) is 0 Å². The lowest BCUT2D eigenvalue weighted by atomic mass is 9.97. The summed E-state index contributed by atoms with van der Waals surface area (Å²) in [6, 6.07) is 6.25. The predicted molar refractivity (Wildman–Crippen MR) is 47.1 cm³/mol. The number of hydrogen-bond acceptors (Lipinski definition) is 1. The van der Waals surface area contributed by atoms with Crippen LogP contribution in [0.3, 0.4) is 0 Å². The fraction of sp³-hybridized carbons (Fsp3) is 0.300. The molecule has 0 heterocycles. The second-order valence-corrected chi connectivity index (χ2v) is 3.02. The summed E-state index contributed by atoms with van der Waals surface area (Å²) in [5.74, 6) is -1.52. The molecular weight excluding hydrogens is 171 g/mol. The number of halogens is 1. The zero-order chi connectivity index (χ0) is 9.84. The number of rotatable bonds is 3. The molecule has 0 fully saturated rings. The van der Waals surface area contributed by atoms with Crippen LogP contribution in [-0.2, 0) is 4.79 Å². The molecule has 1 atom stereocenters. The van der Waals surface area contributed by atoms with E-state index in [-0.39, 0.29) is 18.2 Å². The molecule has 0 spiro atoms. The van der Waals surface area contributed by atoms with Gasteiger partial charge in [-0.15, -0.1) is 0 Å². The Morgan fingerprint density at radius 3 is 2.69 bits per heavy atom. The van der Waals surface area contributed by atoms with Crippen LogP contribution < -0.4 is 0 Å². The van der Waals surface area contributed by atoms with Gasteiger partial charge in [0.25, 0.3) is 0 Å². The summed E-state index contributed by atoms with van der Waals surface area (Å²) in [6.07, 6.45) is -0.0407. The van der Waals surface area contributed by atoms with Gasteiger partial charge in [0, 0.05) is 0 Å². The molecule has 1 aromatic rings. The molecule has 0 aromatic heterocycles. The van der Waals surface area contributed by atoms with E-state index in [2.05, 4.69) is 0 Å². The Labute approximate surface area is 76.0 Å². The zero-order valence-electron chi connectivity index (χ0n) is 7.33. The van der Waals surface area contributed by atoms with Gasteiger partial charge >= 0.3 is 5.97 Å². The van der Waals surface area contributed by atoms with E-state index in [1.54, 1.807) is 25.1 Å². The highest BCUT2D eigenvalue weighted by Crippen LogP contribution is 2.21. The van der Waals surface area contributed by atoms with Crippen molar-refractivity contribution < 1.29 is 14.3 Å². The highest BCUT2D eigenvalue weighted by atomic mass is 19.1. The lowest BCUT2D eigenvalue weighted by Gasteiger charge is -2.09. The van der Waals surface area contributed by atoms with Gasteiger partial charge in [0.2, 0.25) is 0 Å². The molecule has 0 radical (unpaired) electrons. The quantitative estimate of drug-likeness (QED) is 0.779. The summed E-state index contributed by atoms with van der Waals surface area (Å²) < 4.78 is 13.1. The van der Waals surface area contributed by atoms with Gasteiger partial charge in [-0.2, -0.15) is 0 Å². The lowest BCUT2D eigenvalue weighted by molar-refractivity contribution is -0.137. The maximum Gasteiger partial charge on any atom is 0.303 e. The number of carboxylic acid groups (broad SMARTS) is 1. The summed E-state index contributed by atoms with van der Waals surface area (Å²) >= 11 is 0. The zero-order valence-corrected chi connectivity index (χ0v) is 7.33. The van der Waals surface area contributed by atoms with Crippen LogP contribution in [0.4, 0.5) is 4.39 Å². The largest absolute Gasteiger partial charge is 0.481 e. The third-order valence-corrected chi connectivity index (χ3v) is 1.92. The number of hydrogen-bond donors (Lipinski definition) is 1. The summed E-state index contributed by atoms with van der Waals surface area (Å²) in [5.41, 5.74) is 0.463. The Bertz CT molecular complexity index is 310. The van der Waals surface area contributed by atoms with Crippen molar-refractivity contribution in [3.8, 4) is 0 Å². The minimum atomic E-state index is -0.907. The lowest BCUT2D eigenvalue weighted by Crippen LogP contribution is -2.04. The molecule has 1 unspecified atom stereocenters. The third kappa shape index (κ3) is 2.54. The Morgan fingerprint density at radius 1 is 1.54 bits per heavy atom. The Balaban J connectivity index is 2.82. The molecule has 0 bridgehead atoms. The molecule has 3 heteroatoms. The molecule has 0 aliphatic heterocycles. The summed E-state index contributed by atoms with van der Waals surface area (Å²) in [6.45, 7) is 1.70. The van der Waals surface area contributed by atoms with Gasteiger partial charge < -0.3 is 5.11 Å². The highest BCUT2D eigenvalue weighted by Gasteiger charge is 2.13. The van der Waals surface area contributed by atoms with Gasteiger partial charge in [-0.25, -0.2) is 4.39 Å². The van der Waals surface area contributed by atoms with Gasteiger partial charge in [-0.05, 0) is 17.5 Å². The molecule has 0 saturated heterocycles. The van der Waals surface area contributed by atoms with Crippen molar-refractivity contribution in [2.75, 3.05) is 0 Å². The van der Waals surface area contributed by atoms with Crippen LogP contribution in [0, 0.1) is 5.82 Å². The molecule has 0 saturated carbocycles. The SMILES string of the molecule is CC(CC(=O)O)c1ccccc1F. The number of benzene rings is 1. The molecule has 0 amide bonds. The van der Waals surface area contributed by atoms with E-state index >= 15 is 0 Å². The van der Waals surface area contributed by atoms with Crippen molar-refractivity contribution in [1.82, 2.24) is 0 Å². The smallest absolute Gasteiger partial charge is 0.303 e. The number of carboxylic acids is 1. The van der Waals surface area contributed by atoms with E-state index < -0.39 is 5.97 Å². The van der Waals surface area contributed by atoms with Crippen molar-refractivity contribution in [2.24, 2.45) is 0 Å². The van der Waals surface area contributed by atoms with Crippen LogP contribution in [0.25, 0.3) is 0 Å². The van der Waals surface area contributed by atoms with E-state index in [1.165, 1.54) is 6.07 Å². The topological polar surface area (TPSA) is 37.3 Å². The fourth-order valence-electron chi connectivity index (χ4n) is 1.25. The first-order chi connectivity index (χ1) is 6.11. The molecule has 1 N–H and O–H groups in total. The van der Waals surface area contributed by atoms with Crippen molar-refractivity contribution in [2.45, 2.75) is 19.3 Å². The number of carbonyl (C=O) groups is 1. The van der Waals surface area contributed by atoms with E-state index in [9.17, 15) is 9.18 Å². The van der Waals surface area contributed by atoms with Crippen LogP contribution in [-0.4, -0.2) is 11.1 Å². The summed E-state index contributed by atoms with van der Waals surface area (Å²) in [4.78, 5) is 10.4. The minimum absolute atomic E-state index is 0.0407. The third-order valence-electron chi connectivity index (χ3n) is 1.92. The molecular formula is C10H11FO2. The van der Waals surface area contributed by atoms with Gasteiger partial charge in [-0.1, -0.05) is 25.1 Å². The molecule has 0 aliphatic carbocycles. The molecule has 1 rings (SSSR count). The van der Waals surface area contributed by atoms with Crippen LogP contribution in [0.1, 0.15) is 24.8 Å². The Hall–Kier alpha value is -1.38. The predicted octanol–water partition coefficient (Wildman–Crippen LogP) is 2.40. The van der Waals surface area contributed by atoms with Crippen LogP contribution in [0.15, 0.2) is 24.3 Å². The molecule has 70 valence electrons. The van der Waals surface area contributed by atoms with Crippen LogP contribution >= 0.6 is 0 Å². The van der Waals surface area contributed by atoms with Gasteiger partial charge in [0.05, 0.1) is 6.42 Å². The monoisotopic (exact) mass is 182 g/mol. The van der Waals surface area contributed by atoms with E-state index in [0.717, 1.165) is 0 Å². The van der Waals surface area contributed by atoms with Crippen molar-refractivity contribution in [3.05, 3.63) is 35.6 Å². The normalized spacial score (nSPS) is 12.5. The standard InChI is InChI=1S/C10H11FO2/c1-7(6-10(12)13)8-4-2-3-5-9(8)11/h2-5,7H,6H2,1H3,(H,12,13). The number of aliphatic carboxylic acids is 1. The van der Waals surface area contributed by atoms with Crippen molar-refractivity contribution >= 4 is 5.97 Å².